The van der Waals surface area contributed by atoms with E-state index < -0.39 is 11.7 Å². The first kappa shape index (κ1) is 23.6. The molecule has 0 spiro atoms. The van der Waals surface area contributed by atoms with Gasteiger partial charge in [0.15, 0.2) is 22.9 Å². The zero-order valence-electron chi connectivity index (χ0n) is 19.7. The van der Waals surface area contributed by atoms with Crippen molar-refractivity contribution in [2.75, 3.05) is 44.8 Å². The molecule has 4 heterocycles. The summed E-state index contributed by atoms with van der Waals surface area (Å²) in [4.78, 5) is 22.6. The average molecular weight is 491 g/mol. The fourth-order valence-corrected chi connectivity index (χ4v) is 4.11. The van der Waals surface area contributed by atoms with Crippen LogP contribution in [0, 0.1) is 6.92 Å². The Morgan fingerprint density at radius 3 is 2.89 bits per heavy atom. The Kier molecular flexibility index (Phi) is 6.70. The number of benzene rings is 1. The van der Waals surface area contributed by atoms with Gasteiger partial charge in [0.2, 0.25) is 5.88 Å². The Balaban J connectivity index is 1.32. The molecule has 0 aliphatic carbocycles. The standard InChI is InChI=1S/C26H26N4O6/c1-16-13-18(35-12-9-30-7-10-34-11-8-30)4-5-20(16)29-25-22(26(32)33)23(31)21(36-25)14-17-15-28-24-19(17)3-2-6-27-24/h2-6,13-15,29,31H,7-12H2,1H3,(H,32,33). The number of carbonyl (C=O) groups is 1. The summed E-state index contributed by atoms with van der Waals surface area (Å²) < 4.78 is 17.0. The Hall–Kier alpha value is -4.15. The number of hydrogen-bond donors (Lipinski definition) is 3. The van der Waals surface area contributed by atoms with E-state index in [0.717, 1.165) is 44.0 Å². The number of furan rings is 1. The Morgan fingerprint density at radius 2 is 2.11 bits per heavy atom. The summed E-state index contributed by atoms with van der Waals surface area (Å²) in [6.07, 6.45) is 4.77. The largest absolute Gasteiger partial charge is 0.504 e. The van der Waals surface area contributed by atoms with Crippen LogP contribution in [0.25, 0.3) is 11.6 Å². The lowest BCUT2D eigenvalue weighted by Gasteiger charge is -2.26. The highest BCUT2D eigenvalue weighted by Gasteiger charge is 2.26. The molecule has 10 nitrogen and oxygen atoms in total. The van der Waals surface area contributed by atoms with Gasteiger partial charge in [-0.2, -0.15) is 0 Å². The van der Waals surface area contributed by atoms with Crippen molar-refractivity contribution in [1.29, 1.82) is 0 Å². The van der Waals surface area contributed by atoms with E-state index in [0.29, 0.717) is 29.4 Å². The molecule has 186 valence electrons. The van der Waals surface area contributed by atoms with Crippen molar-refractivity contribution in [1.82, 2.24) is 9.88 Å². The molecule has 2 aliphatic heterocycles. The van der Waals surface area contributed by atoms with E-state index >= 15 is 0 Å². The van der Waals surface area contributed by atoms with E-state index in [4.69, 9.17) is 13.9 Å². The summed E-state index contributed by atoms with van der Waals surface area (Å²) >= 11 is 0. The third-order valence-electron chi connectivity index (χ3n) is 6.06. The predicted molar refractivity (Wildman–Crippen MR) is 135 cm³/mol. The summed E-state index contributed by atoms with van der Waals surface area (Å²) in [5.41, 5.74) is 2.52. The summed E-state index contributed by atoms with van der Waals surface area (Å²) in [6, 6.07) is 9.07. The number of carboxylic acid groups (broad SMARTS) is 1. The van der Waals surface area contributed by atoms with Crippen LogP contribution in [-0.4, -0.2) is 71.7 Å². The molecule has 2 aliphatic rings. The van der Waals surface area contributed by atoms with Gasteiger partial charge in [0.05, 0.1) is 13.2 Å². The first-order chi connectivity index (χ1) is 17.5. The number of aromatic nitrogens is 1. The maximum atomic E-state index is 11.9. The van der Waals surface area contributed by atoms with Crippen molar-refractivity contribution >= 4 is 41.2 Å². The van der Waals surface area contributed by atoms with Gasteiger partial charge in [0.25, 0.3) is 0 Å². The Labute approximate surface area is 207 Å². The molecule has 0 bridgehead atoms. The van der Waals surface area contributed by atoms with E-state index in [1.54, 1.807) is 36.7 Å². The molecule has 10 heteroatoms. The minimum Gasteiger partial charge on any atom is -0.504 e. The normalized spacial score (nSPS) is 16.3. The summed E-state index contributed by atoms with van der Waals surface area (Å²) in [6.45, 7) is 6.56. The van der Waals surface area contributed by atoms with Gasteiger partial charge in [-0.15, -0.1) is 0 Å². The summed E-state index contributed by atoms with van der Waals surface area (Å²) in [5.74, 6) is -0.582. The van der Waals surface area contributed by atoms with Crippen molar-refractivity contribution in [3.8, 4) is 11.5 Å². The van der Waals surface area contributed by atoms with Gasteiger partial charge in [-0.1, -0.05) is 0 Å². The highest BCUT2D eigenvalue weighted by molar-refractivity contribution is 6.21. The van der Waals surface area contributed by atoms with Gasteiger partial charge in [-0.3, -0.25) is 4.90 Å². The number of pyridine rings is 1. The number of aryl methyl sites for hydroxylation is 1. The number of aliphatic imine (C=N–C) groups is 1. The van der Waals surface area contributed by atoms with Gasteiger partial charge in [0.1, 0.15) is 12.4 Å². The minimum absolute atomic E-state index is 0.00812. The van der Waals surface area contributed by atoms with Crippen molar-refractivity contribution in [2.45, 2.75) is 6.92 Å². The monoisotopic (exact) mass is 490 g/mol. The van der Waals surface area contributed by atoms with Crippen LogP contribution in [0.4, 0.5) is 17.4 Å². The maximum Gasteiger partial charge on any atom is 0.345 e. The fourth-order valence-electron chi connectivity index (χ4n) is 4.11. The first-order valence-electron chi connectivity index (χ1n) is 11.6. The molecular weight excluding hydrogens is 464 g/mol. The quantitative estimate of drug-likeness (QED) is 0.427. The highest BCUT2D eigenvalue weighted by atomic mass is 16.5. The van der Waals surface area contributed by atoms with Crippen molar-refractivity contribution in [3.63, 3.8) is 0 Å². The summed E-state index contributed by atoms with van der Waals surface area (Å²) in [5, 5.41) is 23.4. The SMILES string of the molecule is Cc1cc(OCCN2CCOCC2)ccc1Nc1oc(C=C2C=Nc3ncccc32)c(O)c1C(=O)O. The smallest absolute Gasteiger partial charge is 0.345 e. The number of aromatic hydroxyl groups is 1. The third-order valence-corrected chi connectivity index (χ3v) is 6.06. The molecule has 0 radical (unpaired) electrons. The minimum atomic E-state index is -1.31. The number of nitrogens with zero attached hydrogens (tertiary/aromatic N) is 3. The molecular formula is C26H26N4O6. The van der Waals surface area contributed by atoms with E-state index in [1.165, 1.54) is 0 Å². The van der Waals surface area contributed by atoms with Crippen LogP contribution in [0.1, 0.15) is 27.2 Å². The molecule has 2 aromatic heterocycles. The summed E-state index contributed by atoms with van der Waals surface area (Å²) in [7, 11) is 0. The lowest BCUT2D eigenvalue weighted by molar-refractivity contribution is 0.0322. The van der Waals surface area contributed by atoms with Gasteiger partial charge >= 0.3 is 5.97 Å². The van der Waals surface area contributed by atoms with Crippen LogP contribution in [0.2, 0.25) is 0 Å². The number of ether oxygens (including phenoxy) is 2. The molecule has 1 fully saturated rings. The van der Waals surface area contributed by atoms with Crippen LogP contribution in [0.5, 0.6) is 11.5 Å². The molecule has 0 saturated carbocycles. The first-order valence-corrected chi connectivity index (χ1v) is 11.6. The van der Waals surface area contributed by atoms with Crippen molar-refractivity contribution in [2.24, 2.45) is 4.99 Å². The molecule has 1 saturated heterocycles. The number of rotatable bonds is 8. The second-order valence-electron chi connectivity index (χ2n) is 8.46. The van der Waals surface area contributed by atoms with Gasteiger partial charge in [0, 0.05) is 48.9 Å². The van der Waals surface area contributed by atoms with E-state index in [1.807, 2.05) is 19.1 Å². The van der Waals surface area contributed by atoms with Crippen LogP contribution >= 0.6 is 0 Å². The number of anilines is 2. The predicted octanol–water partition coefficient (Wildman–Crippen LogP) is 4.10. The van der Waals surface area contributed by atoms with Gasteiger partial charge in [-0.25, -0.2) is 14.8 Å². The number of nitrogens with one attached hydrogen (secondary N) is 1. The molecule has 1 aromatic carbocycles. The highest BCUT2D eigenvalue weighted by Crippen LogP contribution is 2.39. The van der Waals surface area contributed by atoms with E-state index in [9.17, 15) is 15.0 Å². The number of morpholine rings is 1. The lowest BCUT2D eigenvalue weighted by Crippen LogP contribution is -2.38. The maximum absolute atomic E-state index is 11.9. The lowest BCUT2D eigenvalue weighted by atomic mass is 10.1. The molecule has 36 heavy (non-hydrogen) atoms. The number of fused-ring (bicyclic) bond motifs is 1. The fraction of sp³-hybridized carbons (Fsp3) is 0.269. The number of allylic oxidation sites excluding steroid dienone is 1. The third kappa shape index (κ3) is 4.95. The molecule has 3 aromatic rings. The Morgan fingerprint density at radius 1 is 1.28 bits per heavy atom. The molecule has 0 unspecified atom stereocenters. The second-order valence-corrected chi connectivity index (χ2v) is 8.46. The second kappa shape index (κ2) is 10.2. The van der Waals surface area contributed by atoms with Crippen LogP contribution < -0.4 is 10.1 Å². The van der Waals surface area contributed by atoms with E-state index in [2.05, 4.69) is 20.2 Å². The van der Waals surface area contributed by atoms with Gasteiger partial charge in [-0.05, 0) is 48.9 Å². The van der Waals surface area contributed by atoms with Crippen molar-refractivity contribution in [3.05, 3.63) is 59.0 Å². The average Bonchev–Trinajstić information content (AvgIpc) is 3.42. The zero-order chi connectivity index (χ0) is 25.1. The number of hydrogen-bond acceptors (Lipinski definition) is 9. The molecule has 0 atom stereocenters. The topological polar surface area (TPSA) is 130 Å². The van der Waals surface area contributed by atoms with Crippen LogP contribution in [-0.2, 0) is 4.74 Å². The van der Waals surface area contributed by atoms with E-state index in [-0.39, 0.29) is 17.2 Å². The molecule has 3 N–H and O–H groups in total. The zero-order valence-corrected chi connectivity index (χ0v) is 19.7. The van der Waals surface area contributed by atoms with Crippen LogP contribution in [0.3, 0.4) is 0 Å². The van der Waals surface area contributed by atoms with Crippen molar-refractivity contribution < 1.29 is 28.9 Å². The molecule has 5 rings (SSSR count). The number of carboxylic acids is 1. The van der Waals surface area contributed by atoms with Gasteiger partial charge < -0.3 is 29.4 Å². The number of aromatic carboxylic acids is 1. The van der Waals surface area contributed by atoms with Crippen LogP contribution in [0.15, 0.2) is 45.9 Å². The Bertz CT molecular complexity index is 1340. The molecule has 0 amide bonds.